The van der Waals surface area contributed by atoms with Gasteiger partial charge in [0.2, 0.25) is 0 Å². The van der Waals surface area contributed by atoms with Gasteiger partial charge in [-0.05, 0) is 29.8 Å². The van der Waals surface area contributed by atoms with Gasteiger partial charge in [0.25, 0.3) is 0 Å². The van der Waals surface area contributed by atoms with Crippen molar-refractivity contribution in [1.82, 2.24) is 0 Å². The molecule has 0 saturated carbocycles. The Morgan fingerprint density at radius 1 is 0.947 bits per heavy atom. The van der Waals surface area contributed by atoms with Crippen LogP contribution in [0.4, 0.5) is 14.5 Å². The molecule has 2 N–H and O–H groups in total. The number of hydrogen-bond donors (Lipinski definition) is 2. The van der Waals surface area contributed by atoms with Crippen molar-refractivity contribution in [1.29, 1.82) is 0 Å². The molecule has 19 heavy (non-hydrogen) atoms. The van der Waals surface area contributed by atoms with E-state index in [-0.39, 0.29) is 22.3 Å². The molecule has 0 heterocycles. The summed E-state index contributed by atoms with van der Waals surface area (Å²) in [7, 11) is 0. The summed E-state index contributed by atoms with van der Waals surface area (Å²) in [4.78, 5) is 0. The maximum absolute atomic E-state index is 13.0. The van der Waals surface area contributed by atoms with Crippen LogP contribution in [0.15, 0.2) is 30.3 Å². The van der Waals surface area contributed by atoms with Crippen molar-refractivity contribution in [3.8, 4) is 5.75 Å². The van der Waals surface area contributed by atoms with Crippen LogP contribution in [-0.2, 0) is 6.54 Å². The summed E-state index contributed by atoms with van der Waals surface area (Å²) in [5, 5.41) is 12.5. The quantitative estimate of drug-likeness (QED) is 0.813. The Morgan fingerprint density at radius 3 is 2.00 bits per heavy atom. The smallest absolute Gasteiger partial charge is 0.152 e. The molecule has 2 rings (SSSR count). The van der Waals surface area contributed by atoms with Crippen molar-refractivity contribution >= 4 is 28.9 Å². The van der Waals surface area contributed by atoms with Gasteiger partial charge in [0.1, 0.15) is 11.6 Å². The predicted molar refractivity (Wildman–Crippen MR) is 71.8 cm³/mol. The summed E-state index contributed by atoms with van der Waals surface area (Å²) in [6.45, 7) is 0.201. The van der Waals surface area contributed by atoms with E-state index in [9.17, 15) is 13.9 Å². The second kappa shape index (κ2) is 5.63. The van der Waals surface area contributed by atoms with Crippen LogP contribution in [0, 0.1) is 11.6 Å². The maximum atomic E-state index is 13.0. The zero-order valence-corrected chi connectivity index (χ0v) is 11.1. The molecular weight excluding hydrogens is 295 g/mol. The Balaban J connectivity index is 2.14. The number of phenols is 1. The third kappa shape index (κ3) is 3.49. The molecule has 2 aromatic carbocycles. The largest absolute Gasteiger partial charge is 0.505 e. The summed E-state index contributed by atoms with van der Waals surface area (Å²) < 4.78 is 26.0. The minimum absolute atomic E-state index is 0.0976. The average Bonchev–Trinajstić information content (AvgIpc) is 2.32. The van der Waals surface area contributed by atoms with Crippen LogP contribution in [0.5, 0.6) is 5.75 Å². The molecule has 0 aliphatic heterocycles. The minimum Gasteiger partial charge on any atom is -0.505 e. The van der Waals surface area contributed by atoms with Crippen LogP contribution in [0.3, 0.4) is 0 Å². The summed E-state index contributed by atoms with van der Waals surface area (Å²) in [5.41, 5.74) is 0.982. The van der Waals surface area contributed by atoms with Gasteiger partial charge in [-0.1, -0.05) is 23.2 Å². The Bertz CT molecular complexity index is 576. The lowest BCUT2D eigenvalue weighted by atomic mass is 10.2. The molecule has 0 unspecified atom stereocenters. The Labute approximate surface area is 118 Å². The first-order valence-electron chi connectivity index (χ1n) is 5.32. The number of benzene rings is 2. The highest BCUT2D eigenvalue weighted by Gasteiger charge is 2.07. The highest BCUT2D eigenvalue weighted by Crippen LogP contribution is 2.34. The number of anilines is 1. The molecule has 100 valence electrons. The molecule has 2 nitrogen and oxygen atoms in total. The van der Waals surface area contributed by atoms with Gasteiger partial charge < -0.3 is 10.4 Å². The fourth-order valence-electron chi connectivity index (χ4n) is 1.58. The van der Waals surface area contributed by atoms with Crippen molar-refractivity contribution in [2.24, 2.45) is 0 Å². The first-order valence-corrected chi connectivity index (χ1v) is 6.08. The highest BCUT2D eigenvalue weighted by molar-refractivity contribution is 6.37. The zero-order valence-electron chi connectivity index (χ0n) is 9.55. The van der Waals surface area contributed by atoms with Crippen molar-refractivity contribution < 1.29 is 13.9 Å². The normalized spacial score (nSPS) is 10.5. The lowest BCUT2D eigenvalue weighted by Crippen LogP contribution is -2.00. The fourth-order valence-corrected chi connectivity index (χ4v) is 2.07. The van der Waals surface area contributed by atoms with E-state index in [1.165, 1.54) is 24.3 Å². The Kier molecular flexibility index (Phi) is 4.12. The maximum Gasteiger partial charge on any atom is 0.152 e. The topological polar surface area (TPSA) is 32.3 Å². The number of aromatic hydroxyl groups is 1. The summed E-state index contributed by atoms with van der Waals surface area (Å²) in [6.07, 6.45) is 0. The molecule has 0 amide bonds. The van der Waals surface area contributed by atoms with Crippen molar-refractivity contribution in [2.75, 3.05) is 5.32 Å². The predicted octanol–water partition coefficient (Wildman–Crippen LogP) is 4.59. The molecule has 0 aliphatic rings. The first kappa shape index (κ1) is 13.9. The van der Waals surface area contributed by atoms with E-state index >= 15 is 0 Å². The van der Waals surface area contributed by atoms with E-state index in [0.717, 1.165) is 6.07 Å². The van der Waals surface area contributed by atoms with Gasteiger partial charge in [0.15, 0.2) is 5.75 Å². The first-order chi connectivity index (χ1) is 8.95. The molecule has 0 saturated heterocycles. The monoisotopic (exact) mass is 303 g/mol. The molecule has 2 aromatic rings. The molecular formula is C13H9Cl2F2NO. The fraction of sp³-hybridized carbons (Fsp3) is 0.0769. The third-order valence-corrected chi connectivity index (χ3v) is 3.01. The molecule has 0 aromatic heterocycles. The molecule has 6 heteroatoms. The van der Waals surface area contributed by atoms with E-state index in [1.807, 2.05) is 0 Å². The van der Waals surface area contributed by atoms with Crippen molar-refractivity contribution in [3.63, 3.8) is 0 Å². The number of hydrogen-bond acceptors (Lipinski definition) is 2. The second-order valence-electron chi connectivity index (χ2n) is 3.92. The van der Waals surface area contributed by atoms with Gasteiger partial charge in [0.05, 0.1) is 10.0 Å². The van der Waals surface area contributed by atoms with Gasteiger partial charge in [-0.2, -0.15) is 0 Å². The van der Waals surface area contributed by atoms with Crippen LogP contribution in [-0.4, -0.2) is 5.11 Å². The lowest BCUT2D eigenvalue weighted by molar-refractivity contribution is 0.476. The van der Waals surface area contributed by atoms with Crippen molar-refractivity contribution in [3.05, 3.63) is 57.6 Å². The SMILES string of the molecule is Oc1c(Cl)cc(NCc2cc(F)cc(F)c2)cc1Cl. The van der Waals surface area contributed by atoms with E-state index in [4.69, 9.17) is 23.2 Å². The number of nitrogens with one attached hydrogen (secondary N) is 1. The summed E-state index contributed by atoms with van der Waals surface area (Å²) >= 11 is 11.5. The molecule has 0 radical (unpaired) electrons. The van der Waals surface area contributed by atoms with Crippen LogP contribution in [0.1, 0.15) is 5.56 Å². The van der Waals surface area contributed by atoms with Crippen LogP contribution < -0.4 is 5.32 Å². The Morgan fingerprint density at radius 2 is 1.47 bits per heavy atom. The molecule has 0 fully saturated rings. The lowest BCUT2D eigenvalue weighted by Gasteiger charge is -2.09. The van der Waals surface area contributed by atoms with Crippen LogP contribution in [0.2, 0.25) is 10.0 Å². The van der Waals surface area contributed by atoms with Gasteiger partial charge in [0, 0.05) is 18.3 Å². The third-order valence-electron chi connectivity index (χ3n) is 2.44. The molecule has 0 atom stereocenters. The zero-order chi connectivity index (χ0) is 14.0. The van der Waals surface area contributed by atoms with Gasteiger partial charge >= 0.3 is 0 Å². The van der Waals surface area contributed by atoms with Gasteiger partial charge in [-0.15, -0.1) is 0 Å². The Hall–Kier alpha value is -1.52. The average molecular weight is 304 g/mol. The molecule has 0 bridgehead atoms. The number of halogens is 4. The number of phenolic OH excluding ortho intramolecular Hbond substituents is 1. The van der Waals surface area contributed by atoms with E-state index < -0.39 is 11.6 Å². The minimum atomic E-state index is -0.640. The molecule has 0 aliphatic carbocycles. The number of rotatable bonds is 3. The van der Waals surface area contributed by atoms with E-state index in [1.54, 1.807) is 0 Å². The highest BCUT2D eigenvalue weighted by atomic mass is 35.5. The molecule has 0 spiro atoms. The van der Waals surface area contributed by atoms with Crippen LogP contribution in [0.25, 0.3) is 0 Å². The van der Waals surface area contributed by atoms with E-state index in [0.29, 0.717) is 11.3 Å². The second-order valence-corrected chi connectivity index (χ2v) is 4.73. The summed E-state index contributed by atoms with van der Waals surface area (Å²) in [5.74, 6) is -1.48. The van der Waals surface area contributed by atoms with Crippen LogP contribution >= 0.6 is 23.2 Å². The van der Waals surface area contributed by atoms with Gasteiger partial charge in [-0.25, -0.2) is 8.78 Å². The summed E-state index contributed by atoms with van der Waals surface area (Å²) in [6, 6.07) is 6.19. The van der Waals surface area contributed by atoms with Gasteiger partial charge in [-0.3, -0.25) is 0 Å². The van der Waals surface area contributed by atoms with Crippen molar-refractivity contribution in [2.45, 2.75) is 6.54 Å². The standard InChI is InChI=1S/C13H9Cl2F2NO/c14-11-4-10(5-12(15)13(11)19)18-6-7-1-8(16)3-9(17)2-7/h1-5,18-19H,6H2. The van der Waals surface area contributed by atoms with E-state index in [2.05, 4.69) is 5.32 Å².